The third-order valence-corrected chi connectivity index (χ3v) is 5.20. The molecule has 1 aromatic carbocycles. The van der Waals surface area contributed by atoms with Gasteiger partial charge in [0.2, 0.25) is 5.91 Å². The van der Waals surface area contributed by atoms with Crippen LogP contribution in [0.25, 0.3) is 0 Å². The second-order valence-corrected chi connectivity index (χ2v) is 7.20. The molecule has 5 nitrogen and oxygen atoms in total. The number of anilines is 2. The molecule has 24 heavy (non-hydrogen) atoms. The van der Waals surface area contributed by atoms with E-state index < -0.39 is 0 Å². The van der Waals surface area contributed by atoms with Crippen molar-refractivity contribution in [2.24, 2.45) is 5.92 Å². The summed E-state index contributed by atoms with van der Waals surface area (Å²) < 4.78 is 0. The van der Waals surface area contributed by atoms with Gasteiger partial charge in [-0.15, -0.1) is 11.3 Å². The third-order valence-electron chi connectivity index (χ3n) is 4.05. The zero-order valence-corrected chi connectivity index (χ0v) is 14.5. The maximum atomic E-state index is 12.6. The Balaban J connectivity index is 1.75. The fourth-order valence-electron chi connectivity index (χ4n) is 2.42. The Morgan fingerprint density at radius 3 is 2.58 bits per heavy atom. The second-order valence-electron chi connectivity index (χ2n) is 6.15. The number of hydrogen-bond donors (Lipinski definition) is 3. The molecule has 3 N–H and O–H groups in total. The lowest BCUT2D eigenvalue weighted by Crippen LogP contribution is -2.13. The minimum atomic E-state index is -0.206. The van der Waals surface area contributed by atoms with Gasteiger partial charge in [-0.1, -0.05) is 12.1 Å². The van der Waals surface area contributed by atoms with Gasteiger partial charge in [-0.2, -0.15) is 0 Å². The normalized spacial score (nSPS) is 13.6. The van der Waals surface area contributed by atoms with Gasteiger partial charge in [-0.05, 0) is 55.5 Å². The van der Waals surface area contributed by atoms with E-state index >= 15 is 0 Å². The summed E-state index contributed by atoms with van der Waals surface area (Å²) in [6, 6.07) is 7.29. The summed E-state index contributed by atoms with van der Waals surface area (Å²) in [4.78, 5) is 25.0. The van der Waals surface area contributed by atoms with E-state index in [1.165, 1.54) is 11.3 Å². The molecule has 0 atom stereocenters. The first-order valence-corrected chi connectivity index (χ1v) is 8.72. The fraction of sp³-hybridized carbons (Fsp3) is 0.333. The Morgan fingerprint density at radius 2 is 1.92 bits per heavy atom. The van der Waals surface area contributed by atoms with Crippen LogP contribution in [0.4, 0.5) is 10.7 Å². The van der Waals surface area contributed by atoms with Crippen molar-refractivity contribution >= 4 is 33.8 Å². The molecule has 0 aliphatic heterocycles. The quantitative estimate of drug-likeness (QED) is 0.777. The van der Waals surface area contributed by atoms with E-state index in [1.807, 2.05) is 32.0 Å². The molecule has 0 radical (unpaired) electrons. The zero-order valence-electron chi connectivity index (χ0n) is 13.7. The third kappa shape index (κ3) is 3.66. The molecule has 1 aliphatic rings. The summed E-state index contributed by atoms with van der Waals surface area (Å²) in [5.41, 5.74) is 3.19. The lowest BCUT2D eigenvalue weighted by atomic mass is 10.1. The predicted molar refractivity (Wildman–Crippen MR) is 95.5 cm³/mol. The number of hydrogen-bond acceptors (Lipinski definition) is 4. The summed E-state index contributed by atoms with van der Waals surface area (Å²) in [6.45, 7) is 3.69. The number of aryl methyl sites for hydroxylation is 2. The van der Waals surface area contributed by atoms with Crippen LogP contribution in [-0.2, 0) is 11.4 Å². The lowest BCUT2D eigenvalue weighted by molar-refractivity contribution is -0.117. The molecule has 2 amide bonds. The van der Waals surface area contributed by atoms with Crippen LogP contribution in [-0.4, -0.2) is 16.9 Å². The van der Waals surface area contributed by atoms with Crippen molar-refractivity contribution in [1.29, 1.82) is 0 Å². The predicted octanol–water partition coefficient (Wildman–Crippen LogP) is 3.46. The van der Waals surface area contributed by atoms with Gasteiger partial charge in [0.15, 0.2) is 0 Å². The molecule has 1 heterocycles. The maximum Gasteiger partial charge on any atom is 0.266 e. The Morgan fingerprint density at radius 1 is 1.17 bits per heavy atom. The molecule has 0 saturated heterocycles. The molecule has 0 bridgehead atoms. The summed E-state index contributed by atoms with van der Waals surface area (Å²) in [5, 5.41) is 15.7. The maximum absolute atomic E-state index is 12.6. The highest BCUT2D eigenvalue weighted by molar-refractivity contribution is 7.18. The number of amides is 2. The van der Waals surface area contributed by atoms with Crippen molar-refractivity contribution in [3.05, 3.63) is 45.8 Å². The van der Waals surface area contributed by atoms with Gasteiger partial charge in [0.1, 0.15) is 0 Å². The molecular weight excluding hydrogens is 324 g/mol. The number of carbonyl (C=O) groups excluding carboxylic acids is 2. The topological polar surface area (TPSA) is 78.4 Å². The van der Waals surface area contributed by atoms with E-state index in [0.29, 0.717) is 15.6 Å². The van der Waals surface area contributed by atoms with Crippen molar-refractivity contribution in [2.75, 3.05) is 10.6 Å². The smallest absolute Gasteiger partial charge is 0.266 e. The molecule has 3 rings (SSSR count). The fourth-order valence-corrected chi connectivity index (χ4v) is 3.39. The van der Waals surface area contributed by atoms with Gasteiger partial charge in [0, 0.05) is 11.6 Å². The number of thiophene rings is 1. The lowest BCUT2D eigenvalue weighted by Gasteiger charge is -2.09. The first kappa shape index (κ1) is 16.7. The van der Waals surface area contributed by atoms with Gasteiger partial charge < -0.3 is 15.7 Å². The first-order chi connectivity index (χ1) is 11.5. The van der Waals surface area contributed by atoms with E-state index in [4.69, 9.17) is 0 Å². The summed E-state index contributed by atoms with van der Waals surface area (Å²) in [6.07, 6.45) is 1.90. The van der Waals surface area contributed by atoms with E-state index in [1.54, 1.807) is 6.07 Å². The molecule has 6 heteroatoms. The van der Waals surface area contributed by atoms with Crippen molar-refractivity contribution in [3.8, 4) is 0 Å². The standard InChI is InChI=1S/C18H20N2O3S/c1-10-3-4-12(9-21)8-14(10)19-18(23)16-11(2)7-15(24-16)20-17(22)13-5-6-13/h3-4,7-8,13,21H,5-6,9H2,1-2H3,(H,19,23)(H,20,22). The monoisotopic (exact) mass is 344 g/mol. The Hall–Kier alpha value is -2.18. The highest BCUT2D eigenvalue weighted by Gasteiger charge is 2.30. The van der Waals surface area contributed by atoms with E-state index in [-0.39, 0.29) is 24.3 Å². The van der Waals surface area contributed by atoms with Crippen LogP contribution in [0.1, 0.15) is 39.2 Å². The SMILES string of the molecule is Cc1ccc(CO)cc1NC(=O)c1sc(NC(=O)C2CC2)cc1C. The van der Waals surface area contributed by atoms with Gasteiger partial charge in [0.25, 0.3) is 5.91 Å². The summed E-state index contributed by atoms with van der Waals surface area (Å²) in [7, 11) is 0. The minimum Gasteiger partial charge on any atom is -0.392 e. The number of aliphatic hydroxyl groups is 1. The average Bonchev–Trinajstić information content (AvgIpc) is 3.33. The molecule has 0 spiro atoms. The van der Waals surface area contributed by atoms with E-state index in [0.717, 1.165) is 29.5 Å². The van der Waals surface area contributed by atoms with Gasteiger partial charge >= 0.3 is 0 Å². The number of aliphatic hydroxyl groups excluding tert-OH is 1. The van der Waals surface area contributed by atoms with Crippen LogP contribution in [0, 0.1) is 19.8 Å². The van der Waals surface area contributed by atoms with Crippen molar-refractivity contribution in [3.63, 3.8) is 0 Å². The molecule has 1 aliphatic carbocycles. The van der Waals surface area contributed by atoms with Crippen LogP contribution in [0.2, 0.25) is 0 Å². The molecule has 1 fully saturated rings. The number of nitrogens with one attached hydrogen (secondary N) is 2. The van der Waals surface area contributed by atoms with Crippen LogP contribution in [0.3, 0.4) is 0 Å². The Labute approximate surface area is 144 Å². The second kappa shape index (κ2) is 6.75. The van der Waals surface area contributed by atoms with Crippen LogP contribution < -0.4 is 10.6 Å². The van der Waals surface area contributed by atoms with E-state index in [2.05, 4.69) is 10.6 Å². The number of benzene rings is 1. The van der Waals surface area contributed by atoms with Crippen molar-refractivity contribution < 1.29 is 14.7 Å². The molecular formula is C18H20N2O3S. The Kier molecular flexibility index (Phi) is 4.69. The number of carbonyl (C=O) groups is 2. The highest BCUT2D eigenvalue weighted by Crippen LogP contribution is 2.33. The molecule has 1 aromatic heterocycles. The van der Waals surface area contributed by atoms with Crippen LogP contribution in [0.5, 0.6) is 0 Å². The van der Waals surface area contributed by atoms with Gasteiger partial charge in [-0.3, -0.25) is 9.59 Å². The molecule has 0 unspecified atom stereocenters. The van der Waals surface area contributed by atoms with Crippen molar-refractivity contribution in [1.82, 2.24) is 0 Å². The average molecular weight is 344 g/mol. The summed E-state index contributed by atoms with van der Waals surface area (Å²) in [5.74, 6) is -0.0362. The molecule has 126 valence electrons. The Bertz CT molecular complexity index is 794. The van der Waals surface area contributed by atoms with Crippen LogP contribution in [0.15, 0.2) is 24.3 Å². The van der Waals surface area contributed by atoms with E-state index in [9.17, 15) is 14.7 Å². The first-order valence-electron chi connectivity index (χ1n) is 7.91. The summed E-state index contributed by atoms with van der Waals surface area (Å²) >= 11 is 1.28. The largest absolute Gasteiger partial charge is 0.392 e. The van der Waals surface area contributed by atoms with Crippen LogP contribution >= 0.6 is 11.3 Å². The van der Waals surface area contributed by atoms with Crippen molar-refractivity contribution in [2.45, 2.75) is 33.3 Å². The molecule has 2 aromatic rings. The van der Waals surface area contributed by atoms with Gasteiger partial charge in [0.05, 0.1) is 16.5 Å². The minimum absolute atomic E-state index is 0.0368. The zero-order chi connectivity index (χ0) is 17.3. The van der Waals surface area contributed by atoms with Gasteiger partial charge in [-0.25, -0.2) is 0 Å². The highest BCUT2D eigenvalue weighted by atomic mass is 32.1. The molecule has 1 saturated carbocycles. The number of rotatable bonds is 5.